The monoisotopic (exact) mass is 265 g/mol. The van der Waals surface area contributed by atoms with Crippen LogP contribution < -0.4 is 0 Å². The van der Waals surface area contributed by atoms with Crippen molar-refractivity contribution in [1.29, 1.82) is 0 Å². The highest BCUT2D eigenvalue weighted by Crippen LogP contribution is 2.19. The first kappa shape index (κ1) is 11.5. The van der Waals surface area contributed by atoms with E-state index < -0.39 is 5.97 Å². The fraction of sp³-hybridized carbons (Fsp3) is 0.0909. The molecule has 76 valence electrons. The molecule has 15 heavy (non-hydrogen) atoms. The number of halogens is 1. The van der Waals surface area contributed by atoms with Gasteiger partial charge in [0.1, 0.15) is 0 Å². The predicted molar refractivity (Wildman–Crippen MR) is 60.7 cm³/mol. The van der Waals surface area contributed by atoms with Gasteiger partial charge >= 0.3 is 5.97 Å². The SMILES string of the molecule is [C-]#[N+]/C(=C\c1ccccc1Br)C(=O)OC. The van der Waals surface area contributed by atoms with Gasteiger partial charge in [-0.1, -0.05) is 34.1 Å². The van der Waals surface area contributed by atoms with E-state index in [1.54, 1.807) is 6.07 Å². The lowest BCUT2D eigenvalue weighted by atomic mass is 10.2. The third-order valence-corrected chi connectivity index (χ3v) is 2.43. The summed E-state index contributed by atoms with van der Waals surface area (Å²) in [4.78, 5) is 14.3. The largest absolute Gasteiger partial charge is 0.474 e. The Morgan fingerprint density at radius 1 is 1.53 bits per heavy atom. The molecular weight excluding hydrogens is 258 g/mol. The van der Waals surface area contributed by atoms with Crippen LogP contribution in [-0.2, 0) is 9.53 Å². The highest BCUT2D eigenvalue weighted by Gasteiger charge is 2.09. The summed E-state index contributed by atoms with van der Waals surface area (Å²) in [6.45, 7) is 6.85. The van der Waals surface area contributed by atoms with Crippen LogP contribution in [-0.4, -0.2) is 13.1 Å². The van der Waals surface area contributed by atoms with E-state index in [-0.39, 0.29) is 5.70 Å². The molecule has 0 aliphatic rings. The zero-order valence-electron chi connectivity index (χ0n) is 8.03. The van der Waals surface area contributed by atoms with Gasteiger partial charge in [-0.05, 0) is 17.7 Å². The van der Waals surface area contributed by atoms with Crippen molar-refractivity contribution in [2.75, 3.05) is 7.11 Å². The predicted octanol–water partition coefficient (Wildman–Crippen LogP) is 2.88. The van der Waals surface area contributed by atoms with Crippen LogP contribution in [0.25, 0.3) is 10.9 Å². The normalized spacial score (nSPS) is 10.6. The third kappa shape index (κ3) is 2.93. The van der Waals surface area contributed by atoms with E-state index >= 15 is 0 Å². The van der Waals surface area contributed by atoms with Crippen molar-refractivity contribution in [3.63, 3.8) is 0 Å². The van der Waals surface area contributed by atoms with Crippen molar-refractivity contribution in [2.24, 2.45) is 0 Å². The molecule has 0 bridgehead atoms. The average Bonchev–Trinajstić information content (AvgIpc) is 2.27. The van der Waals surface area contributed by atoms with Crippen molar-refractivity contribution in [3.8, 4) is 0 Å². The number of methoxy groups -OCH3 is 1. The van der Waals surface area contributed by atoms with Crippen molar-refractivity contribution in [2.45, 2.75) is 0 Å². The summed E-state index contributed by atoms with van der Waals surface area (Å²) in [5, 5.41) is 0. The fourth-order valence-corrected chi connectivity index (χ4v) is 1.38. The van der Waals surface area contributed by atoms with Crippen LogP contribution in [0.5, 0.6) is 0 Å². The quantitative estimate of drug-likeness (QED) is 0.468. The van der Waals surface area contributed by atoms with Crippen molar-refractivity contribution in [1.82, 2.24) is 0 Å². The molecule has 1 aromatic carbocycles. The maximum absolute atomic E-state index is 11.1. The molecule has 0 N–H and O–H groups in total. The molecule has 0 aliphatic carbocycles. The van der Waals surface area contributed by atoms with Gasteiger partial charge in [-0.3, -0.25) is 4.79 Å². The van der Waals surface area contributed by atoms with Crippen LogP contribution in [0, 0.1) is 6.57 Å². The lowest BCUT2D eigenvalue weighted by Crippen LogP contribution is -2.01. The Kier molecular flexibility index (Phi) is 4.07. The molecule has 4 heteroatoms. The van der Waals surface area contributed by atoms with Crippen LogP contribution in [0.1, 0.15) is 5.56 Å². The Balaban J connectivity index is 3.11. The molecule has 0 amide bonds. The molecule has 0 spiro atoms. The Bertz CT molecular complexity index is 446. The highest BCUT2D eigenvalue weighted by atomic mass is 79.9. The zero-order valence-corrected chi connectivity index (χ0v) is 9.61. The van der Waals surface area contributed by atoms with E-state index in [0.29, 0.717) is 0 Å². The lowest BCUT2D eigenvalue weighted by molar-refractivity contribution is -0.135. The smallest absolute Gasteiger partial charge is 0.336 e. The van der Waals surface area contributed by atoms with Crippen LogP contribution in [0.3, 0.4) is 0 Å². The molecule has 0 atom stereocenters. The first-order valence-electron chi connectivity index (χ1n) is 4.11. The molecule has 1 aromatic rings. The molecule has 0 unspecified atom stereocenters. The van der Waals surface area contributed by atoms with E-state index in [1.807, 2.05) is 18.2 Å². The maximum atomic E-state index is 11.1. The lowest BCUT2D eigenvalue weighted by Gasteiger charge is -1.99. The Labute approximate surface area is 96.3 Å². The minimum Gasteiger partial charge on any atom is -0.474 e. The fourth-order valence-electron chi connectivity index (χ4n) is 0.981. The molecule has 0 heterocycles. The number of nitrogens with zero attached hydrogens (tertiary/aromatic N) is 1. The summed E-state index contributed by atoms with van der Waals surface area (Å²) in [5.41, 5.74) is 0.735. The van der Waals surface area contributed by atoms with Crippen molar-refractivity contribution < 1.29 is 9.53 Å². The second kappa shape index (κ2) is 5.32. The summed E-state index contributed by atoms with van der Waals surface area (Å²) >= 11 is 3.33. The molecule has 3 nitrogen and oxygen atoms in total. The van der Waals surface area contributed by atoms with E-state index in [4.69, 9.17) is 6.57 Å². The number of ether oxygens (including phenoxy) is 1. The van der Waals surface area contributed by atoms with E-state index in [2.05, 4.69) is 25.5 Å². The van der Waals surface area contributed by atoms with Gasteiger partial charge in [0, 0.05) is 4.47 Å². The van der Waals surface area contributed by atoms with E-state index in [9.17, 15) is 4.79 Å². The van der Waals surface area contributed by atoms with Gasteiger partial charge < -0.3 is 4.74 Å². The molecular formula is C11H8BrNO2. The van der Waals surface area contributed by atoms with Gasteiger partial charge in [0.15, 0.2) is 0 Å². The zero-order chi connectivity index (χ0) is 11.3. The van der Waals surface area contributed by atoms with Crippen LogP contribution in [0.2, 0.25) is 0 Å². The van der Waals surface area contributed by atoms with Crippen molar-refractivity contribution in [3.05, 3.63) is 51.4 Å². The second-order valence-electron chi connectivity index (χ2n) is 2.65. The molecule has 0 radical (unpaired) electrons. The summed E-state index contributed by atoms with van der Waals surface area (Å²) in [7, 11) is 1.25. The minimum absolute atomic E-state index is 0.0376. The third-order valence-electron chi connectivity index (χ3n) is 1.71. The summed E-state index contributed by atoms with van der Waals surface area (Å²) in [6, 6.07) is 7.33. The van der Waals surface area contributed by atoms with Gasteiger partial charge in [0.2, 0.25) is 0 Å². The minimum atomic E-state index is -0.624. The molecule has 0 aliphatic heterocycles. The molecule has 0 saturated heterocycles. The standard InChI is InChI=1S/C11H8BrNO2/c1-13-10(11(14)15-2)7-8-5-3-4-6-9(8)12/h3-7H,2H3/b10-7-. The second-order valence-corrected chi connectivity index (χ2v) is 3.51. The highest BCUT2D eigenvalue weighted by molar-refractivity contribution is 9.10. The molecule has 1 rings (SSSR count). The van der Waals surface area contributed by atoms with Crippen LogP contribution in [0.4, 0.5) is 0 Å². The average molecular weight is 266 g/mol. The first-order valence-corrected chi connectivity index (χ1v) is 4.90. The number of esters is 1. The number of hydrogen-bond donors (Lipinski definition) is 0. The van der Waals surface area contributed by atoms with Gasteiger partial charge in [-0.2, -0.15) is 0 Å². The topological polar surface area (TPSA) is 30.7 Å². The first-order chi connectivity index (χ1) is 7.19. The number of carbonyl (C=O) groups is 1. The van der Waals surface area contributed by atoms with E-state index in [1.165, 1.54) is 13.2 Å². The Hall–Kier alpha value is -1.60. The Morgan fingerprint density at radius 2 is 2.20 bits per heavy atom. The summed E-state index contributed by atoms with van der Waals surface area (Å²) in [6.07, 6.45) is 1.49. The van der Waals surface area contributed by atoms with Crippen LogP contribution in [0.15, 0.2) is 34.4 Å². The number of rotatable bonds is 2. The van der Waals surface area contributed by atoms with Gasteiger partial charge in [-0.25, -0.2) is 4.85 Å². The van der Waals surface area contributed by atoms with Gasteiger partial charge in [0.05, 0.1) is 13.7 Å². The van der Waals surface area contributed by atoms with E-state index in [0.717, 1.165) is 10.0 Å². The Morgan fingerprint density at radius 3 is 2.73 bits per heavy atom. The number of hydrogen-bond acceptors (Lipinski definition) is 2. The van der Waals surface area contributed by atoms with Gasteiger partial charge in [-0.15, -0.1) is 0 Å². The molecule has 0 saturated carbocycles. The molecule has 0 fully saturated rings. The summed E-state index contributed by atoms with van der Waals surface area (Å²) in [5.74, 6) is -0.624. The molecule has 0 aromatic heterocycles. The number of carbonyl (C=O) groups excluding carboxylic acids is 1. The summed E-state index contributed by atoms with van der Waals surface area (Å²) < 4.78 is 5.31. The maximum Gasteiger partial charge on any atom is 0.336 e. The van der Waals surface area contributed by atoms with Gasteiger partial charge in [0.25, 0.3) is 5.70 Å². The van der Waals surface area contributed by atoms with Crippen LogP contribution >= 0.6 is 15.9 Å². The van der Waals surface area contributed by atoms with Crippen molar-refractivity contribution >= 4 is 28.0 Å². The number of benzene rings is 1.